The van der Waals surface area contributed by atoms with E-state index in [0.717, 1.165) is 16.9 Å². The Labute approximate surface area is 103 Å². The fourth-order valence-corrected chi connectivity index (χ4v) is 1.59. The molecule has 17 heavy (non-hydrogen) atoms. The largest absolute Gasteiger partial charge is 0.496 e. The third-order valence-corrected chi connectivity index (χ3v) is 2.51. The van der Waals surface area contributed by atoms with E-state index in [0.29, 0.717) is 19.8 Å². The molecule has 0 aliphatic heterocycles. The molecule has 0 aromatic heterocycles. The van der Waals surface area contributed by atoms with Gasteiger partial charge in [0, 0.05) is 12.7 Å². The molecule has 1 aromatic carbocycles. The molecule has 0 aliphatic carbocycles. The highest BCUT2D eigenvalue weighted by molar-refractivity contribution is 5.39. The molecule has 2 N–H and O–H groups in total. The lowest BCUT2D eigenvalue weighted by Gasteiger charge is -2.16. The zero-order chi connectivity index (χ0) is 12.7. The molecular weight excluding hydrogens is 218 g/mol. The maximum Gasteiger partial charge on any atom is 0.123 e. The van der Waals surface area contributed by atoms with Crippen LogP contribution in [0.25, 0.3) is 0 Å². The number of ether oxygens (including phenoxy) is 3. The van der Waals surface area contributed by atoms with E-state index < -0.39 is 0 Å². The Morgan fingerprint density at radius 1 is 1.24 bits per heavy atom. The van der Waals surface area contributed by atoms with Crippen molar-refractivity contribution >= 4 is 0 Å². The average Bonchev–Trinajstić information content (AvgIpc) is 2.34. The Bertz CT molecular complexity index is 341. The summed E-state index contributed by atoms with van der Waals surface area (Å²) in [6, 6.07) is 5.78. The van der Waals surface area contributed by atoms with Crippen LogP contribution >= 0.6 is 0 Å². The molecular formula is C13H21NO3. The third kappa shape index (κ3) is 4.34. The molecule has 0 heterocycles. The molecule has 0 saturated heterocycles. The van der Waals surface area contributed by atoms with Crippen LogP contribution in [0.5, 0.6) is 5.75 Å². The minimum absolute atomic E-state index is 0.179. The Morgan fingerprint density at radius 3 is 2.65 bits per heavy atom. The van der Waals surface area contributed by atoms with Gasteiger partial charge in [-0.05, 0) is 13.0 Å². The number of methoxy groups -OCH3 is 2. The molecule has 1 aromatic rings. The van der Waals surface area contributed by atoms with Gasteiger partial charge in [-0.1, -0.05) is 17.7 Å². The van der Waals surface area contributed by atoms with Gasteiger partial charge in [-0.3, -0.25) is 0 Å². The molecule has 96 valence electrons. The molecule has 0 saturated carbocycles. The summed E-state index contributed by atoms with van der Waals surface area (Å²) in [6.45, 7) is 3.63. The van der Waals surface area contributed by atoms with Gasteiger partial charge < -0.3 is 19.9 Å². The van der Waals surface area contributed by atoms with Gasteiger partial charge in [0.15, 0.2) is 0 Å². The van der Waals surface area contributed by atoms with Crippen molar-refractivity contribution in [2.24, 2.45) is 5.73 Å². The number of hydrogen-bond donors (Lipinski definition) is 1. The highest BCUT2D eigenvalue weighted by Crippen LogP contribution is 2.25. The number of rotatable bonds is 7. The lowest BCUT2D eigenvalue weighted by Crippen LogP contribution is -2.19. The van der Waals surface area contributed by atoms with Crippen LogP contribution in [-0.4, -0.2) is 34.0 Å². The van der Waals surface area contributed by atoms with Crippen LogP contribution < -0.4 is 10.5 Å². The molecule has 4 heteroatoms. The minimum Gasteiger partial charge on any atom is -0.496 e. The number of nitrogens with two attached hydrogens (primary N) is 1. The van der Waals surface area contributed by atoms with E-state index in [4.69, 9.17) is 19.9 Å². The smallest absolute Gasteiger partial charge is 0.123 e. The Hall–Kier alpha value is -1.10. The molecule has 4 nitrogen and oxygen atoms in total. The lowest BCUT2D eigenvalue weighted by molar-refractivity contribution is 0.0633. The first-order chi connectivity index (χ1) is 8.19. The molecule has 0 bridgehead atoms. The number of aryl methyl sites for hydroxylation is 1. The fraction of sp³-hybridized carbons (Fsp3) is 0.538. The third-order valence-electron chi connectivity index (χ3n) is 2.51. The van der Waals surface area contributed by atoms with Crippen LogP contribution in [0.4, 0.5) is 0 Å². The normalized spacial score (nSPS) is 12.5. The van der Waals surface area contributed by atoms with Crippen molar-refractivity contribution in [3.63, 3.8) is 0 Å². The van der Waals surface area contributed by atoms with Gasteiger partial charge in [-0.15, -0.1) is 0 Å². The van der Waals surface area contributed by atoms with Crippen LogP contribution in [0.2, 0.25) is 0 Å². The van der Waals surface area contributed by atoms with Crippen LogP contribution in [0, 0.1) is 6.92 Å². The Kier molecular flexibility index (Phi) is 5.97. The highest BCUT2D eigenvalue weighted by atomic mass is 16.5. The van der Waals surface area contributed by atoms with E-state index in [2.05, 4.69) is 0 Å². The standard InChI is InChI=1S/C13H21NO3/c1-10-4-5-13(16-3)11(8-10)12(14)9-17-7-6-15-2/h4-5,8,12H,6-7,9,14H2,1-3H3. The van der Waals surface area contributed by atoms with Gasteiger partial charge in [-0.2, -0.15) is 0 Å². The molecule has 1 unspecified atom stereocenters. The van der Waals surface area contributed by atoms with Gasteiger partial charge in [0.1, 0.15) is 5.75 Å². The Balaban J connectivity index is 2.60. The van der Waals surface area contributed by atoms with E-state index in [1.54, 1.807) is 14.2 Å². The fourth-order valence-electron chi connectivity index (χ4n) is 1.59. The summed E-state index contributed by atoms with van der Waals surface area (Å²) in [4.78, 5) is 0. The maximum atomic E-state index is 6.08. The molecule has 0 aliphatic rings. The van der Waals surface area contributed by atoms with Crippen LogP contribution in [-0.2, 0) is 9.47 Å². The van der Waals surface area contributed by atoms with E-state index in [1.807, 2.05) is 25.1 Å². The molecule has 0 radical (unpaired) electrons. The number of benzene rings is 1. The highest BCUT2D eigenvalue weighted by Gasteiger charge is 2.12. The SMILES string of the molecule is COCCOCC(N)c1cc(C)ccc1OC. The summed E-state index contributed by atoms with van der Waals surface area (Å²) >= 11 is 0. The zero-order valence-electron chi connectivity index (χ0n) is 10.7. The first-order valence-corrected chi connectivity index (χ1v) is 5.65. The summed E-state index contributed by atoms with van der Waals surface area (Å²) in [5, 5.41) is 0. The Morgan fingerprint density at radius 2 is 2.00 bits per heavy atom. The maximum absolute atomic E-state index is 6.08. The van der Waals surface area contributed by atoms with Gasteiger partial charge in [0.25, 0.3) is 0 Å². The van der Waals surface area contributed by atoms with Crippen molar-refractivity contribution in [1.29, 1.82) is 0 Å². The van der Waals surface area contributed by atoms with Crippen molar-refractivity contribution in [2.45, 2.75) is 13.0 Å². The first kappa shape index (κ1) is 14.0. The van der Waals surface area contributed by atoms with Gasteiger partial charge >= 0.3 is 0 Å². The summed E-state index contributed by atoms with van der Waals surface area (Å²) in [6.07, 6.45) is 0. The van der Waals surface area contributed by atoms with Crippen molar-refractivity contribution in [3.05, 3.63) is 29.3 Å². The van der Waals surface area contributed by atoms with Gasteiger partial charge in [0.05, 0.1) is 33.0 Å². The van der Waals surface area contributed by atoms with Crippen molar-refractivity contribution in [1.82, 2.24) is 0 Å². The first-order valence-electron chi connectivity index (χ1n) is 5.65. The van der Waals surface area contributed by atoms with Crippen LogP contribution in [0.3, 0.4) is 0 Å². The van der Waals surface area contributed by atoms with Gasteiger partial charge in [0.2, 0.25) is 0 Å². The zero-order valence-corrected chi connectivity index (χ0v) is 10.7. The molecule has 1 atom stereocenters. The second kappa shape index (κ2) is 7.27. The van der Waals surface area contributed by atoms with Crippen molar-refractivity contribution < 1.29 is 14.2 Å². The summed E-state index contributed by atoms with van der Waals surface area (Å²) in [7, 11) is 3.29. The quantitative estimate of drug-likeness (QED) is 0.735. The van der Waals surface area contributed by atoms with Crippen molar-refractivity contribution in [3.8, 4) is 5.75 Å². The predicted molar refractivity (Wildman–Crippen MR) is 67.4 cm³/mol. The molecule has 0 amide bonds. The van der Waals surface area contributed by atoms with E-state index in [9.17, 15) is 0 Å². The molecule has 0 spiro atoms. The second-order valence-corrected chi connectivity index (χ2v) is 3.92. The van der Waals surface area contributed by atoms with Crippen molar-refractivity contribution in [2.75, 3.05) is 34.0 Å². The minimum atomic E-state index is -0.179. The van der Waals surface area contributed by atoms with Crippen LogP contribution in [0.15, 0.2) is 18.2 Å². The monoisotopic (exact) mass is 239 g/mol. The summed E-state index contributed by atoms with van der Waals surface area (Å²) in [5.74, 6) is 0.804. The van der Waals surface area contributed by atoms with Gasteiger partial charge in [-0.25, -0.2) is 0 Å². The average molecular weight is 239 g/mol. The van der Waals surface area contributed by atoms with E-state index >= 15 is 0 Å². The lowest BCUT2D eigenvalue weighted by atomic mass is 10.0. The second-order valence-electron chi connectivity index (χ2n) is 3.92. The predicted octanol–water partition coefficient (Wildman–Crippen LogP) is 1.67. The number of hydrogen-bond acceptors (Lipinski definition) is 4. The summed E-state index contributed by atoms with van der Waals surface area (Å²) in [5.41, 5.74) is 8.21. The van der Waals surface area contributed by atoms with E-state index in [1.165, 1.54) is 0 Å². The topological polar surface area (TPSA) is 53.7 Å². The van der Waals surface area contributed by atoms with E-state index in [-0.39, 0.29) is 6.04 Å². The summed E-state index contributed by atoms with van der Waals surface area (Å²) < 4.78 is 15.6. The molecule has 0 fully saturated rings. The molecule has 1 rings (SSSR count). The van der Waals surface area contributed by atoms with Crippen LogP contribution in [0.1, 0.15) is 17.2 Å².